The lowest BCUT2D eigenvalue weighted by molar-refractivity contribution is -0.111. The molecule has 0 bridgehead atoms. The monoisotopic (exact) mass is 315 g/mol. The summed E-state index contributed by atoms with van der Waals surface area (Å²) in [6, 6.07) is 7.68. The van der Waals surface area contributed by atoms with E-state index in [0.29, 0.717) is 31.0 Å². The van der Waals surface area contributed by atoms with Crippen molar-refractivity contribution in [2.45, 2.75) is 38.1 Å². The summed E-state index contributed by atoms with van der Waals surface area (Å²) < 4.78 is 11.4. The van der Waals surface area contributed by atoms with Gasteiger partial charge in [0, 0.05) is 0 Å². The van der Waals surface area contributed by atoms with Crippen LogP contribution in [0.15, 0.2) is 29.1 Å². The molecule has 1 aromatic heterocycles. The standard InChI is InChI=1S/C17H21N3O3/c21-16-12-5-1-2-6-13(12)18-15(19-16)11-20-8-4-3-7-14(20)17-22-9-10-23-17/h1-2,5-6,14,17H,3-4,7-11H2,(H,18,19,21). The van der Waals surface area contributed by atoms with Crippen molar-refractivity contribution < 1.29 is 9.47 Å². The summed E-state index contributed by atoms with van der Waals surface area (Å²) in [6.07, 6.45) is 3.25. The molecule has 0 aliphatic carbocycles. The molecule has 1 N–H and O–H groups in total. The number of ether oxygens (including phenoxy) is 2. The zero-order valence-corrected chi connectivity index (χ0v) is 13.0. The van der Waals surface area contributed by atoms with Gasteiger partial charge in [-0.2, -0.15) is 0 Å². The fourth-order valence-electron chi connectivity index (χ4n) is 3.52. The van der Waals surface area contributed by atoms with E-state index in [-0.39, 0.29) is 17.9 Å². The molecule has 0 radical (unpaired) electrons. The summed E-state index contributed by atoms with van der Waals surface area (Å²) in [5.74, 6) is 0.707. The molecule has 3 heterocycles. The fraction of sp³-hybridized carbons (Fsp3) is 0.529. The van der Waals surface area contributed by atoms with Gasteiger partial charge in [0.1, 0.15) is 5.82 Å². The Kier molecular flexibility index (Phi) is 4.11. The number of benzene rings is 1. The van der Waals surface area contributed by atoms with Crippen LogP contribution >= 0.6 is 0 Å². The minimum absolute atomic E-state index is 0.0764. The number of likely N-dealkylation sites (tertiary alicyclic amines) is 1. The predicted molar refractivity (Wildman–Crippen MR) is 86.1 cm³/mol. The minimum Gasteiger partial charge on any atom is -0.349 e. The third kappa shape index (κ3) is 3.02. The van der Waals surface area contributed by atoms with Crippen molar-refractivity contribution in [2.24, 2.45) is 0 Å². The Morgan fingerprint density at radius 2 is 2.04 bits per heavy atom. The number of nitrogens with zero attached hydrogens (tertiary/aromatic N) is 2. The molecule has 122 valence electrons. The van der Waals surface area contributed by atoms with Gasteiger partial charge in [-0.15, -0.1) is 0 Å². The molecule has 0 saturated carbocycles. The molecule has 2 fully saturated rings. The van der Waals surface area contributed by atoms with E-state index >= 15 is 0 Å². The van der Waals surface area contributed by atoms with Gasteiger partial charge < -0.3 is 14.5 Å². The third-order valence-electron chi connectivity index (χ3n) is 4.64. The number of hydrogen-bond donors (Lipinski definition) is 1. The lowest BCUT2D eigenvalue weighted by Crippen LogP contribution is -2.47. The smallest absolute Gasteiger partial charge is 0.258 e. The molecule has 2 aliphatic heterocycles. The van der Waals surface area contributed by atoms with Crippen molar-refractivity contribution in [3.8, 4) is 0 Å². The summed E-state index contributed by atoms with van der Waals surface area (Å²) in [5.41, 5.74) is 0.667. The average Bonchev–Trinajstić information content (AvgIpc) is 3.10. The van der Waals surface area contributed by atoms with Gasteiger partial charge in [0.05, 0.1) is 36.7 Å². The lowest BCUT2D eigenvalue weighted by Gasteiger charge is -2.37. The number of aromatic nitrogens is 2. The molecule has 1 atom stereocenters. The number of fused-ring (bicyclic) bond motifs is 1. The number of hydrogen-bond acceptors (Lipinski definition) is 5. The molecule has 6 heteroatoms. The first-order valence-corrected chi connectivity index (χ1v) is 8.26. The fourth-order valence-corrected chi connectivity index (χ4v) is 3.52. The minimum atomic E-state index is -0.150. The number of piperidine rings is 1. The van der Waals surface area contributed by atoms with Crippen molar-refractivity contribution in [3.63, 3.8) is 0 Å². The first kappa shape index (κ1) is 14.8. The first-order chi connectivity index (χ1) is 11.3. The van der Waals surface area contributed by atoms with E-state index in [2.05, 4.69) is 14.9 Å². The maximum atomic E-state index is 12.2. The molecule has 23 heavy (non-hydrogen) atoms. The van der Waals surface area contributed by atoms with Gasteiger partial charge in [-0.25, -0.2) is 4.98 Å². The van der Waals surface area contributed by atoms with Crippen LogP contribution in [0.4, 0.5) is 0 Å². The number of para-hydroxylation sites is 1. The van der Waals surface area contributed by atoms with Gasteiger partial charge in [0.2, 0.25) is 0 Å². The van der Waals surface area contributed by atoms with E-state index in [4.69, 9.17) is 9.47 Å². The van der Waals surface area contributed by atoms with Gasteiger partial charge >= 0.3 is 0 Å². The molecule has 2 saturated heterocycles. The Morgan fingerprint density at radius 1 is 1.22 bits per heavy atom. The highest BCUT2D eigenvalue weighted by Gasteiger charge is 2.33. The molecule has 0 spiro atoms. The SMILES string of the molecule is O=c1[nH]c(CN2CCCCC2C2OCCO2)nc2ccccc12. The molecule has 4 rings (SSSR count). The van der Waals surface area contributed by atoms with Crippen molar-refractivity contribution in [2.75, 3.05) is 19.8 Å². The number of aromatic amines is 1. The molecule has 6 nitrogen and oxygen atoms in total. The Balaban J connectivity index is 1.59. The Hall–Kier alpha value is -1.76. The maximum Gasteiger partial charge on any atom is 0.258 e. The molecular formula is C17H21N3O3. The highest BCUT2D eigenvalue weighted by Crippen LogP contribution is 2.25. The van der Waals surface area contributed by atoms with Gasteiger partial charge in [0.25, 0.3) is 5.56 Å². The van der Waals surface area contributed by atoms with Gasteiger partial charge in [-0.1, -0.05) is 18.6 Å². The molecule has 1 unspecified atom stereocenters. The van der Waals surface area contributed by atoms with Gasteiger partial charge in [-0.05, 0) is 31.5 Å². The van der Waals surface area contributed by atoms with Gasteiger partial charge in [-0.3, -0.25) is 9.69 Å². The van der Waals surface area contributed by atoms with Crippen LogP contribution in [0.3, 0.4) is 0 Å². The lowest BCUT2D eigenvalue weighted by atomic mass is 10.0. The Labute approximate surface area is 134 Å². The van der Waals surface area contributed by atoms with E-state index in [0.717, 1.165) is 24.9 Å². The maximum absolute atomic E-state index is 12.2. The third-order valence-corrected chi connectivity index (χ3v) is 4.64. The largest absolute Gasteiger partial charge is 0.349 e. The summed E-state index contributed by atoms with van der Waals surface area (Å²) in [5, 5.41) is 0.633. The van der Waals surface area contributed by atoms with Gasteiger partial charge in [0.15, 0.2) is 6.29 Å². The van der Waals surface area contributed by atoms with Crippen LogP contribution in [0.5, 0.6) is 0 Å². The zero-order valence-electron chi connectivity index (χ0n) is 13.0. The second-order valence-electron chi connectivity index (χ2n) is 6.17. The van der Waals surface area contributed by atoms with Crippen LogP contribution in [0, 0.1) is 0 Å². The van der Waals surface area contributed by atoms with Crippen molar-refractivity contribution in [3.05, 3.63) is 40.4 Å². The zero-order chi connectivity index (χ0) is 15.6. The summed E-state index contributed by atoms with van der Waals surface area (Å²) in [7, 11) is 0. The quantitative estimate of drug-likeness (QED) is 0.933. The summed E-state index contributed by atoms with van der Waals surface area (Å²) in [6.45, 7) is 2.93. The molecule has 1 aromatic carbocycles. The van der Waals surface area contributed by atoms with Crippen molar-refractivity contribution >= 4 is 10.9 Å². The van der Waals surface area contributed by atoms with Crippen molar-refractivity contribution in [1.29, 1.82) is 0 Å². The van der Waals surface area contributed by atoms with Crippen LogP contribution in [0.2, 0.25) is 0 Å². The Bertz CT molecular complexity index is 739. The van der Waals surface area contributed by atoms with E-state index in [1.54, 1.807) is 6.07 Å². The summed E-state index contributed by atoms with van der Waals surface area (Å²) >= 11 is 0. The molecule has 0 amide bonds. The predicted octanol–water partition coefficient (Wildman–Crippen LogP) is 1.65. The van der Waals surface area contributed by atoms with Crippen LogP contribution in [-0.4, -0.2) is 47.0 Å². The Morgan fingerprint density at radius 3 is 2.91 bits per heavy atom. The number of H-pyrrole nitrogens is 1. The topological polar surface area (TPSA) is 67.5 Å². The molecule has 2 aliphatic rings. The molecule has 2 aromatic rings. The highest BCUT2D eigenvalue weighted by atomic mass is 16.7. The van der Waals surface area contributed by atoms with E-state index in [1.165, 1.54) is 6.42 Å². The normalized spacial score (nSPS) is 23.6. The average molecular weight is 315 g/mol. The van der Waals surface area contributed by atoms with Crippen LogP contribution in [0.1, 0.15) is 25.1 Å². The first-order valence-electron chi connectivity index (χ1n) is 8.26. The number of nitrogens with one attached hydrogen (secondary N) is 1. The van der Waals surface area contributed by atoms with E-state index < -0.39 is 0 Å². The van der Waals surface area contributed by atoms with Crippen molar-refractivity contribution in [1.82, 2.24) is 14.9 Å². The second-order valence-corrected chi connectivity index (χ2v) is 6.17. The van der Waals surface area contributed by atoms with E-state index in [9.17, 15) is 4.79 Å². The second kappa shape index (κ2) is 6.39. The molecular weight excluding hydrogens is 294 g/mol. The van der Waals surface area contributed by atoms with Crippen LogP contribution < -0.4 is 5.56 Å². The van der Waals surface area contributed by atoms with Crippen LogP contribution in [0.25, 0.3) is 10.9 Å². The highest BCUT2D eigenvalue weighted by molar-refractivity contribution is 5.77. The number of rotatable bonds is 3. The van der Waals surface area contributed by atoms with E-state index in [1.807, 2.05) is 18.2 Å². The van der Waals surface area contributed by atoms with Crippen LogP contribution in [-0.2, 0) is 16.0 Å². The summed E-state index contributed by atoms with van der Waals surface area (Å²) in [4.78, 5) is 22.1.